The van der Waals surface area contributed by atoms with Gasteiger partial charge in [0, 0.05) is 10.9 Å². The van der Waals surface area contributed by atoms with Crippen molar-refractivity contribution >= 4 is 16.7 Å². The number of hydrogen-bond acceptors (Lipinski definition) is 2. The second-order valence-corrected chi connectivity index (χ2v) is 4.63. The summed E-state index contributed by atoms with van der Waals surface area (Å²) in [5.74, 6) is -0.118. The monoisotopic (exact) mass is 288 g/mol. The van der Waals surface area contributed by atoms with E-state index in [9.17, 15) is 13.2 Å². The molecule has 0 bridgehead atoms. The number of nitrogens with two attached hydrogens (primary N) is 1. The Hall–Kier alpha value is -2.56. The van der Waals surface area contributed by atoms with Gasteiger partial charge >= 0.3 is 6.18 Å². The van der Waals surface area contributed by atoms with E-state index in [4.69, 9.17) is 5.73 Å². The summed E-state index contributed by atoms with van der Waals surface area (Å²) >= 11 is 0. The average molecular weight is 288 g/mol. The number of pyridine rings is 1. The number of aromatic nitrogens is 1. The van der Waals surface area contributed by atoms with E-state index in [1.54, 1.807) is 42.5 Å². The van der Waals surface area contributed by atoms with E-state index < -0.39 is 11.7 Å². The molecule has 0 saturated heterocycles. The molecule has 2 nitrogen and oxygen atoms in total. The molecule has 2 aromatic carbocycles. The van der Waals surface area contributed by atoms with Crippen molar-refractivity contribution in [2.75, 3.05) is 5.73 Å². The average Bonchev–Trinajstić information content (AvgIpc) is 2.45. The number of nitrogen functional groups attached to an aromatic ring is 1. The van der Waals surface area contributed by atoms with Gasteiger partial charge in [-0.05, 0) is 11.6 Å². The summed E-state index contributed by atoms with van der Waals surface area (Å²) in [6.07, 6.45) is -4.51. The van der Waals surface area contributed by atoms with E-state index in [-0.39, 0.29) is 22.3 Å². The molecule has 0 spiro atoms. The van der Waals surface area contributed by atoms with Crippen molar-refractivity contribution in [1.82, 2.24) is 4.98 Å². The maximum atomic E-state index is 13.6. The second-order valence-electron chi connectivity index (χ2n) is 4.63. The Morgan fingerprint density at radius 1 is 0.857 bits per heavy atom. The number of alkyl halides is 3. The van der Waals surface area contributed by atoms with Crippen molar-refractivity contribution in [1.29, 1.82) is 0 Å². The molecule has 0 aliphatic carbocycles. The van der Waals surface area contributed by atoms with E-state index in [2.05, 4.69) is 4.98 Å². The normalized spacial score (nSPS) is 11.8. The van der Waals surface area contributed by atoms with Gasteiger partial charge in [-0.15, -0.1) is 0 Å². The molecule has 21 heavy (non-hydrogen) atoms. The van der Waals surface area contributed by atoms with Gasteiger partial charge in [0.05, 0.1) is 11.1 Å². The number of nitrogens with zero attached hydrogens (tertiary/aromatic N) is 1. The zero-order valence-electron chi connectivity index (χ0n) is 10.9. The number of halogens is 3. The van der Waals surface area contributed by atoms with E-state index in [1.807, 2.05) is 0 Å². The second kappa shape index (κ2) is 4.77. The highest BCUT2D eigenvalue weighted by Crippen LogP contribution is 2.43. The summed E-state index contributed by atoms with van der Waals surface area (Å²) in [7, 11) is 0. The summed E-state index contributed by atoms with van der Waals surface area (Å²) in [5.41, 5.74) is 5.64. The predicted octanol–water partition coefficient (Wildman–Crippen LogP) is 4.50. The van der Waals surface area contributed by atoms with E-state index in [0.717, 1.165) is 0 Å². The van der Waals surface area contributed by atoms with Gasteiger partial charge < -0.3 is 5.73 Å². The summed E-state index contributed by atoms with van der Waals surface area (Å²) in [6, 6.07) is 14.4. The lowest BCUT2D eigenvalue weighted by molar-refractivity contribution is -0.135. The highest BCUT2D eigenvalue weighted by molar-refractivity contribution is 5.94. The van der Waals surface area contributed by atoms with Gasteiger partial charge in [0.2, 0.25) is 0 Å². The van der Waals surface area contributed by atoms with Gasteiger partial charge in [0.1, 0.15) is 5.82 Å². The highest BCUT2D eigenvalue weighted by atomic mass is 19.4. The lowest BCUT2D eigenvalue weighted by atomic mass is 9.96. The maximum absolute atomic E-state index is 13.6. The van der Waals surface area contributed by atoms with Gasteiger partial charge in [0.15, 0.2) is 0 Å². The Bertz CT molecular complexity index is 796. The number of anilines is 1. The number of fused-ring (bicyclic) bond motifs is 1. The molecule has 5 heteroatoms. The molecule has 0 saturated carbocycles. The minimum atomic E-state index is -4.51. The predicted molar refractivity (Wildman–Crippen MR) is 76.6 cm³/mol. The minimum absolute atomic E-state index is 0.0538. The van der Waals surface area contributed by atoms with Crippen LogP contribution in [0.2, 0.25) is 0 Å². The van der Waals surface area contributed by atoms with Crippen LogP contribution in [-0.2, 0) is 6.18 Å². The highest BCUT2D eigenvalue weighted by Gasteiger charge is 2.37. The number of para-hydroxylation sites is 1. The maximum Gasteiger partial charge on any atom is 0.417 e. The molecular formula is C16H11F3N2. The molecule has 0 aliphatic rings. The Morgan fingerprint density at radius 2 is 1.48 bits per heavy atom. The Labute approximate surface area is 119 Å². The molecule has 3 rings (SSSR count). The molecule has 0 amide bonds. The molecule has 0 unspecified atom stereocenters. The summed E-state index contributed by atoms with van der Waals surface area (Å²) in [6.45, 7) is 0. The van der Waals surface area contributed by atoms with Crippen LogP contribution in [-0.4, -0.2) is 4.98 Å². The zero-order chi connectivity index (χ0) is 15.0. The lowest BCUT2D eigenvalue weighted by Crippen LogP contribution is -2.11. The largest absolute Gasteiger partial charge is 0.417 e. The Kier molecular flexibility index (Phi) is 3.05. The third-order valence-corrected chi connectivity index (χ3v) is 3.27. The smallest absolute Gasteiger partial charge is 0.383 e. The van der Waals surface area contributed by atoms with Crippen molar-refractivity contribution in [2.45, 2.75) is 6.18 Å². The first kappa shape index (κ1) is 13.4. The molecule has 0 atom stereocenters. The SMILES string of the molecule is Nc1nc2ccccc2c(C(F)(F)F)c1-c1ccccc1. The fourth-order valence-electron chi connectivity index (χ4n) is 2.42. The number of rotatable bonds is 1. The van der Waals surface area contributed by atoms with E-state index in [0.29, 0.717) is 5.56 Å². The van der Waals surface area contributed by atoms with Gasteiger partial charge in [-0.3, -0.25) is 0 Å². The van der Waals surface area contributed by atoms with Crippen molar-refractivity contribution in [2.24, 2.45) is 0 Å². The molecular weight excluding hydrogens is 277 g/mol. The van der Waals surface area contributed by atoms with Crippen LogP contribution in [0.5, 0.6) is 0 Å². The van der Waals surface area contributed by atoms with Crippen LogP contribution < -0.4 is 5.73 Å². The van der Waals surface area contributed by atoms with Crippen LogP contribution in [0.3, 0.4) is 0 Å². The Morgan fingerprint density at radius 3 is 2.14 bits per heavy atom. The molecule has 0 aliphatic heterocycles. The van der Waals surface area contributed by atoms with Crippen molar-refractivity contribution in [3.63, 3.8) is 0 Å². The topological polar surface area (TPSA) is 38.9 Å². The van der Waals surface area contributed by atoms with Crippen LogP contribution in [0, 0.1) is 0 Å². The van der Waals surface area contributed by atoms with Crippen molar-refractivity contribution in [3.8, 4) is 11.1 Å². The van der Waals surface area contributed by atoms with Crippen LogP contribution in [0.25, 0.3) is 22.0 Å². The third-order valence-electron chi connectivity index (χ3n) is 3.27. The van der Waals surface area contributed by atoms with Gasteiger partial charge in [-0.25, -0.2) is 4.98 Å². The lowest BCUT2D eigenvalue weighted by Gasteiger charge is -2.17. The summed E-state index contributed by atoms with van der Waals surface area (Å²) < 4.78 is 40.7. The molecule has 1 aromatic heterocycles. The summed E-state index contributed by atoms with van der Waals surface area (Å²) in [5, 5.41) is 0.0538. The fourth-order valence-corrected chi connectivity index (χ4v) is 2.42. The van der Waals surface area contributed by atoms with Gasteiger partial charge in [-0.2, -0.15) is 13.2 Å². The van der Waals surface area contributed by atoms with Crippen molar-refractivity contribution in [3.05, 3.63) is 60.2 Å². The molecule has 0 fully saturated rings. The first-order valence-electron chi connectivity index (χ1n) is 6.29. The zero-order valence-corrected chi connectivity index (χ0v) is 10.9. The fraction of sp³-hybridized carbons (Fsp3) is 0.0625. The Balaban J connectivity index is 2.46. The van der Waals surface area contributed by atoms with Crippen LogP contribution in [0.1, 0.15) is 5.56 Å². The van der Waals surface area contributed by atoms with Gasteiger partial charge in [-0.1, -0.05) is 48.5 Å². The number of hydrogen-bond donors (Lipinski definition) is 1. The first-order valence-corrected chi connectivity index (χ1v) is 6.29. The molecule has 3 aromatic rings. The summed E-state index contributed by atoms with van der Waals surface area (Å²) in [4.78, 5) is 4.10. The van der Waals surface area contributed by atoms with Crippen molar-refractivity contribution < 1.29 is 13.2 Å². The van der Waals surface area contributed by atoms with Crippen LogP contribution >= 0.6 is 0 Å². The van der Waals surface area contributed by atoms with Crippen LogP contribution in [0.15, 0.2) is 54.6 Å². The van der Waals surface area contributed by atoms with Crippen LogP contribution in [0.4, 0.5) is 19.0 Å². The number of benzene rings is 2. The quantitative estimate of drug-likeness (QED) is 0.716. The molecule has 1 heterocycles. The molecule has 106 valence electrons. The molecule has 2 N–H and O–H groups in total. The minimum Gasteiger partial charge on any atom is -0.383 e. The third kappa shape index (κ3) is 2.31. The van der Waals surface area contributed by atoms with E-state index >= 15 is 0 Å². The molecule has 0 radical (unpaired) electrons. The first-order chi connectivity index (χ1) is 9.98. The van der Waals surface area contributed by atoms with E-state index in [1.165, 1.54) is 12.1 Å². The standard InChI is InChI=1S/C16H11F3N2/c17-16(18,19)14-11-8-4-5-9-12(11)21-15(20)13(14)10-6-2-1-3-7-10/h1-9H,(H2,20,21). The van der Waals surface area contributed by atoms with Gasteiger partial charge in [0.25, 0.3) is 0 Å².